The smallest absolute Gasteiger partial charge is 0.195 e. The Kier molecular flexibility index (Phi) is 10.8. The van der Waals surface area contributed by atoms with Crippen LogP contribution in [0.1, 0.15) is 33.1 Å². The summed E-state index contributed by atoms with van der Waals surface area (Å²) in [6.45, 7) is 7.90. The topological polar surface area (TPSA) is 58.1 Å². The Balaban J connectivity index is 0.00000364. The molecule has 1 fully saturated rings. The van der Waals surface area contributed by atoms with Crippen LogP contribution >= 0.6 is 24.0 Å². The van der Waals surface area contributed by atoms with E-state index in [0.717, 1.165) is 18.2 Å². The Morgan fingerprint density at radius 2 is 1.81 bits per heavy atom. The van der Waals surface area contributed by atoms with Crippen LogP contribution in [-0.4, -0.2) is 57.8 Å². The average molecular weight is 490 g/mol. The highest BCUT2D eigenvalue weighted by molar-refractivity contribution is 14.0. The van der Waals surface area contributed by atoms with Crippen LogP contribution in [0.5, 0.6) is 11.5 Å². The van der Waals surface area contributed by atoms with Crippen LogP contribution in [0.3, 0.4) is 0 Å². The maximum absolute atomic E-state index is 5.37. The zero-order valence-corrected chi connectivity index (χ0v) is 19.6. The van der Waals surface area contributed by atoms with Crippen LogP contribution in [0.2, 0.25) is 0 Å². The van der Waals surface area contributed by atoms with E-state index in [1.165, 1.54) is 32.4 Å². The molecule has 1 aliphatic heterocycles. The van der Waals surface area contributed by atoms with E-state index in [1.54, 1.807) is 21.3 Å². The van der Waals surface area contributed by atoms with Crippen molar-refractivity contribution >= 4 is 35.6 Å². The number of methoxy groups -OCH3 is 2. The zero-order chi connectivity index (χ0) is 18.9. The molecule has 1 aromatic rings. The van der Waals surface area contributed by atoms with E-state index in [2.05, 4.69) is 34.4 Å². The molecule has 1 heterocycles. The summed E-state index contributed by atoms with van der Waals surface area (Å²) in [5, 5.41) is 6.83. The number of nitrogens with one attached hydrogen (secondary N) is 2. The molecule has 7 heteroatoms. The largest absolute Gasteiger partial charge is 0.493 e. The van der Waals surface area contributed by atoms with Gasteiger partial charge in [-0.1, -0.05) is 13.8 Å². The van der Waals surface area contributed by atoms with E-state index in [4.69, 9.17) is 9.47 Å². The lowest BCUT2D eigenvalue weighted by Crippen LogP contribution is -2.45. The second-order valence-corrected chi connectivity index (χ2v) is 7.17. The van der Waals surface area contributed by atoms with Crippen LogP contribution in [0.4, 0.5) is 5.69 Å². The molecule has 1 saturated heterocycles. The molecular formula is C20H35IN4O2. The van der Waals surface area contributed by atoms with Gasteiger partial charge in [-0.05, 0) is 50.4 Å². The van der Waals surface area contributed by atoms with Crippen LogP contribution in [0, 0.1) is 5.92 Å². The molecule has 1 aromatic carbocycles. The molecule has 0 saturated carbocycles. The number of likely N-dealkylation sites (tertiary alicyclic amines) is 1. The molecule has 0 radical (unpaired) electrons. The number of anilines is 1. The van der Waals surface area contributed by atoms with Gasteiger partial charge in [-0.15, -0.1) is 24.0 Å². The van der Waals surface area contributed by atoms with Gasteiger partial charge in [-0.25, -0.2) is 0 Å². The van der Waals surface area contributed by atoms with Crippen LogP contribution in [-0.2, 0) is 0 Å². The van der Waals surface area contributed by atoms with Crippen molar-refractivity contribution < 1.29 is 9.47 Å². The highest BCUT2D eigenvalue weighted by atomic mass is 127. The van der Waals surface area contributed by atoms with Gasteiger partial charge in [0, 0.05) is 31.4 Å². The maximum atomic E-state index is 5.37. The van der Waals surface area contributed by atoms with E-state index in [0.29, 0.717) is 23.5 Å². The fourth-order valence-corrected chi connectivity index (χ4v) is 3.46. The molecule has 0 aromatic heterocycles. The van der Waals surface area contributed by atoms with Crippen molar-refractivity contribution in [2.45, 2.75) is 39.2 Å². The van der Waals surface area contributed by atoms with Gasteiger partial charge in [-0.3, -0.25) is 9.89 Å². The van der Waals surface area contributed by atoms with Crippen molar-refractivity contribution in [1.82, 2.24) is 10.2 Å². The average Bonchev–Trinajstić information content (AvgIpc) is 3.18. The molecule has 0 aliphatic carbocycles. The van der Waals surface area contributed by atoms with Crippen LogP contribution < -0.4 is 20.1 Å². The fraction of sp³-hybridized carbons (Fsp3) is 0.650. The van der Waals surface area contributed by atoms with Crippen molar-refractivity contribution in [2.75, 3.05) is 46.2 Å². The van der Waals surface area contributed by atoms with Crippen LogP contribution in [0.15, 0.2) is 23.2 Å². The standard InChI is InChI=1S/C20H34N4O2.HI/c1-15(2)12-17(24-10-6-7-11-24)14-22-20(21-3)23-16-8-9-18(25-4)19(13-16)26-5;/h8-9,13,15,17H,6-7,10-12,14H2,1-5H3,(H2,21,22,23);1H. The minimum atomic E-state index is 0. The minimum Gasteiger partial charge on any atom is -0.493 e. The molecule has 1 aliphatic rings. The first kappa shape index (κ1) is 23.8. The van der Waals surface area contributed by atoms with Crippen molar-refractivity contribution in [3.63, 3.8) is 0 Å². The van der Waals surface area contributed by atoms with Gasteiger partial charge in [0.25, 0.3) is 0 Å². The molecule has 6 nitrogen and oxygen atoms in total. The van der Waals surface area contributed by atoms with E-state index in [1.807, 2.05) is 18.2 Å². The molecule has 0 amide bonds. The summed E-state index contributed by atoms with van der Waals surface area (Å²) in [6, 6.07) is 6.31. The summed E-state index contributed by atoms with van der Waals surface area (Å²) < 4.78 is 10.7. The number of nitrogens with zero attached hydrogens (tertiary/aromatic N) is 2. The van der Waals surface area contributed by atoms with Crippen molar-refractivity contribution in [1.29, 1.82) is 0 Å². The second-order valence-electron chi connectivity index (χ2n) is 7.17. The molecule has 1 atom stereocenters. The third kappa shape index (κ3) is 7.37. The number of rotatable bonds is 8. The summed E-state index contributed by atoms with van der Waals surface area (Å²) in [5.41, 5.74) is 0.914. The second kappa shape index (κ2) is 12.3. The normalized spacial score (nSPS) is 16.0. The lowest BCUT2D eigenvalue weighted by Gasteiger charge is -2.29. The SMILES string of the molecule is CN=C(NCC(CC(C)C)N1CCCC1)Nc1ccc(OC)c(OC)c1.I. The Morgan fingerprint density at radius 1 is 1.15 bits per heavy atom. The summed E-state index contributed by atoms with van der Waals surface area (Å²) in [4.78, 5) is 6.97. The number of benzene rings is 1. The molecule has 2 N–H and O–H groups in total. The number of halogens is 1. The first-order valence-corrected chi connectivity index (χ1v) is 9.51. The quantitative estimate of drug-likeness (QED) is 0.330. The number of ether oxygens (including phenoxy) is 2. The zero-order valence-electron chi connectivity index (χ0n) is 17.2. The van der Waals surface area contributed by atoms with Crippen molar-refractivity contribution in [2.24, 2.45) is 10.9 Å². The molecule has 154 valence electrons. The molecule has 27 heavy (non-hydrogen) atoms. The van der Waals surface area contributed by atoms with E-state index >= 15 is 0 Å². The summed E-state index contributed by atoms with van der Waals surface area (Å²) in [5.74, 6) is 2.86. The highest BCUT2D eigenvalue weighted by Gasteiger charge is 2.22. The maximum Gasteiger partial charge on any atom is 0.195 e. The molecular weight excluding hydrogens is 455 g/mol. The van der Waals surface area contributed by atoms with Gasteiger partial charge < -0.3 is 20.1 Å². The van der Waals surface area contributed by atoms with Crippen molar-refractivity contribution in [3.8, 4) is 11.5 Å². The van der Waals surface area contributed by atoms with Gasteiger partial charge in [0.2, 0.25) is 0 Å². The van der Waals surface area contributed by atoms with Gasteiger partial charge in [-0.2, -0.15) is 0 Å². The monoisotopic (exact) mass is 490 g/mol. The van der Waals surface area contributed by atoms with Crippen LogP contribution in [0.25, 0.3) is 0 Å². The number of hydrogen-bond donors (Lipinski definition) is 2. The minimum absolute atomic E-state index is 0. The lowest BCUT2D eigenvalue weighted by atomic mass is 10.0. The Labute approximate surface area is 181 Å². The van der Waals surface area contributed by atoms with Gasteiger partial charge in [0.05, 0.1) is 14.2 Å². The first-order valence-electron chi connectivity index (χ1n) is 9.51. The Morgan fingerprint density at radius 3 is 2.37 bits per heavy atom. The van der Waals surface area contributed by atoms with Gasteiger partial charge >= 0.3 is 0 Å². The molecule has 0 spiro atoms. The van der Waals surface area contributed by atoms with E-state index in [-0.39, 0.29) is 24.0 Å². The van der Waals surface area contributed by atoms with Gasteiger partial charge in [0.1, 0.15) is 0 Å². The predicted octanol–water partition coefficient (Wildman–Crippen LogP) is 3.82. The fourth-order valence-electron chi connectivity index (χ4n) is 3.46. The Bertz CT molecular complexity index is 589. The van der Waals surface area contributed by atoms with E-state index in [9.17, 15) is 0 Å². The number of hydrogen-bond acceptors (Lipinski definition) is 4. The number of guanidine groups is 1. The molecule has 0 bridgehead atoms. The summed E-state index contributed by atoms with van der Waals surface area (Å²) in [7, 11) is 5.07. The summed E-state index contributed by atoms with van der Waals surface area (Å²) in [6.07, 6.45) is 3.82. The first-order chi connectivity index (χ1) is 12.6. The molecule has 1 unspecified atom stereocenters. The van der Waals surface area contributed by atoms with Crippen molar-refractivity contribution in [3.05, 3.63) is 18.2 Å². The third-order valence-electron chi connectivity index (χ3n) is 4.78. The summed E-state index contributed by atoms with van der Waals surface area (Å²) >= 11 is 0. The Hall–Kier alpha value is -1.22. The lowest BCUT2D eigenvalue weighted by molar-refractivity contribution is 0.213. The molecule has 2 rings (SSSR count). The van der Waals surface area contributed by atoms with Gasteiger partial charge in [0.15, 0.2) is 17.5 Å². The van der Waals surface area contributed by atoms with E-state index < -0.39 is 0 Å². The number of aliphatic imine (C=N–C) groups is 1. The third-order valence-corrected chi connectivity index (χ3v) is 4.78. The predicted molar refractivity (Wildman–Crippen MR) is 124 cm³/mol. The highest BCUT2D eigenvalue weighted by Crippen LogP contribution is 2.29.